The van der Waals surface area contributed by atoms with Gasteiger partial charge < -0.3 is 4.74 Å². The predicted octanol–water partition coefficient (Wildman–Crippen LogP) is 2.15. The van der Waals surface area contributed by atoms with E-state index in [0.717, 1.165) is 32.8 Å². The summed E-state index contributed by atoms with van der Waals surface area (Å²) in [5, 5.41) is 0. The number of ether oxygens (including phenoxy) is 1. The van der Waals surface area contributed by atoms with Gasteiger partial charge in [0, 0.05) is 25.2 Å². The lowest BCUT2D eigenvalue weighted by Crippen LogP contribution is -2.37. The highest BCUT2D eigenvalue weighted by atomic mass is 16.5. The standard InChI is InChI=1S/C11H13NO.C2H6/c1-2-4-11(5-3-1)10-12-6-8-13-9-7-12;1-2/h1-2,4H,6-10H2;1-2H3. The highest BCUT2D eigenvalue weighted by molar-refractivity contribution is 5.26. The molecule has 1 heterocycles. The van der Waals surface area contributed by atoms with Crippen LogP contribution in [-0.2, 0) is 4.74 Å². The zero-order chi connectivity index (χ0) is 10.9. The number of hydrogen-bond acceptors (Lipinski definition) is 2. The van der Waals surface area contributed by atoms with Crippen molar-refractivity contribution in [2.45, 2.75) is 13.8 Å². The van der Waals surface area contributed by atoms with Crippen molar-refractivity contribution in [3.8, 4) is 0 Å². The Kier molecular flexibility index (Phi) is 5.84. The van der Waals surface area contributed by atoms with Crippen molar-refractivity contribution in [1.82, 2.24) is 4.90 Å². The Balaban J connectivity index is 0.000000531. The molecule has 0 amide bonds. The van der Waals surface area contributed by atoms with Crippen molar-refractivity contribution in [3.63, 3.8) is 0 Å². The molecule has 2 rings (SSSR count). The molecular formula is C13H19NO. The smallest absolute Gasteiger partial charge is 0.0594 e. The van der Waals surface area contributed by atoms with E-state index >= 15 is 0 Å². The van der Waals surface area contributed by atoms with Gasteiger partial charge in [-0.1, -0.05) is 31.4 Å². The van der Waals surface area contributed by atoms with Gasteiger partial charge in [0.25, 0.3) is 0 Å². The summed E-state index contributed by atoms with van der Waals surface area (Å²) in [6.07, 6.45) is 5.97. The molecule has 0 radical (unpaired) electrons. The van der Waals surface area contributed by atoms with E-state index in [9.17, 15) is 0 Å². The molecule has 0 aromatic carbocycles. The van der Waals surface area contributed by atoms with E-state index in [1.54, 1.807) is 0 Å². The first-order valence-corrected chi connectivity index (χ1v) is 5.62. The molecule has 0 N–H and O–H groups in total. The molecule has 2 nitrogen and oxygen atoms in total. The fourth-order valence-corrected chi connectivity index (χ4v) is 1.48. The SMILES string of the molecule is C1=C=C(CN2CCOCC2)C=CC=1.CC. The Morgan fingerprint density at radius 3 is 2.67 bits per heavy atom. The van der Waals surface area contributed by atoms with Crippen molar-refractivity contribution >= 4 is 0 Å². The average molecular weight is 205 g/mol. The molecule has 0 atom stereocenters. The summed E-state index contributed by atoms with van der Waals surface area (Å²) in [5.41, 5.74) is 7.29. The zero-order valence-electron chi connectivity index (χ0n) is 9.62. The largest absolute Gasteiger partial charge is 0.379 e. The van der Waals surface area contributed by atoms with Gasteiger partial charge in [0.15, 0.2) is 0 Å². The van der Waals surface area contributed by atoms with Crippen LogP contribution in [0.3, 0.4) is 0 Å². The van der Waals surface area contributed by atoms with Crippen molar-refractivity contribution < 1.29 is 4.74 Å². The van der Waals surface area contributed by atoms with E-state index in [1.807, 2.05) is 26.0 Å². The zero-order valence-corrected chi connectivity index (χ0v) is 9.62. The molecule has 1 saturated heterocycles. The topological polar surface area (TPSA) is 12.5 Å². The average Bonchev–Trinajstić information content (AvgIpc) is 2.34. The Morgan fingerprint density at radius 1 is 1.33 bits per heavy atom. The molecule has 82 valence electrons. The summed E-state index contributed by atoms with van der Waals surface area (Å²) < 4.78 is 5.28. The number of allylic oxidation sites excluding steroid dienone is 2. The van der Waals surface area contributed by atoms with Gasteiger partial charge in [-0.15, -0.1) is 0 Å². The Bertz CT molecular complexity index is 298. The van der Waals surface area contributed by atoms with Gasteiger partial charge in [0.1, 0.15) is 0 Å². The molecule has 0 aromatic rings. The first kappa shape index (κ1) is 12.0. The number of hydrogen-bond donors (Lipinski definition) is 0. The summed E-state index contributed by atoms with van der Waals surface area (Å²) in [4.78, 5) is 2.38. The lowest BCUT2D eigenvalue weighted by molar-refractivity contribution is 0.0426. The van der Waals surface area contributed by atoms with E-state index in [0.29, 0.717) is 0 Å². The fraction of sp³-hybridized carbons (Fsp3) is 0.538. The Labute approximate surface area is 92.2 Å². The molecule has 0 unspecified atom stereocenters. The van der Waals surface area contributed by atoms with E-state index in [2.05, 4.69) is 22.4 Å². The van der Waals surface area contributed by atoms with Gasteiger partial charge >= 0.3 is 0 Å². The van der Waals surface area contributed by atoms with Gasteiger partial charge in [-0.05, 0) is 12.2 Å². The minimum absolute atomic E-state index is 0.858. The Morgan fingerprint density at radius 2 is 2.07 bits per heavy atom. The van der Waals surface area contributed by atoms with Crippen LogP contribution in [0.5, 0.6) is 0 Å². The van der Waals surface area contributed by atoms with Crippen LogP contribution in [0.2, 0.25) is 0 Å². The summed E-state index contributed by atoms with van der Waals surface area (Å²) in [6.45, 7) is 8.75. The molecule has 0 bridgehead atoms. The molecule has 0 saturated carbocycles. The van der Waals surface area contributed by atoms with Crippen molar-refractivity contribution in [2.75, 3.05) is 32.8 Å². The minimum atomic E-state index is 0.858. The van der Waals surface area contributed by atoms with E-state index in [-0.39, 0.29) is 0 Å². The monoisotopic (exact) mass is 205 g/mol. The third kappa shape index (κ3) is 4.33. The third-order valence-corrected chi connectivity index (χ3v) is 2.21. The first-order valence-electron chi connectivity index (χ1n) is 5.62. The highest BCUT2D eigenvalue weighted by Crippen LogP contribution is 2.04. The maximum Gasteiger partial charge on any atom is 0.0594 e. The van der Waals surface area contributed by atoms with Crippen LogP contribution in [0, 0.1) is 0 Å². The van der Waals surface area contributed by atoms with Crippen LogP contribution in [0.25, 0.3) is 0 Å². The van der Waals surface area contributed by atoms with Crippen LogP contribution in [-0.4, -0.2) is 37.7 Å². The molecule has 2 heteroatoms. The highest BCUT2D eigenvalue weighted by Gasteiger charge is 2.10. The van der Waals surface area contributed by atoms with E-state index in [1.165, 1.54) is 5.57 Å². The van der Waals surface area contributed by atoms with Crippen LogP contribution >= 0.6 is 0 Å². The molecule has 1 fully saturated rings. The number of nitrogens with zero attached hydrogens (tertiary/aromatic N) is 1. The molecule has 0 aromatic heterocycles. The third-order valence-electron chi connectivity index (χ3n) is 2.21. The molecule has 15 heavy (non-hydrogen) atoms. The molecule has 0 spiro atoms. The van der Waals surface area contributed by atoms with E-state index < -0.39 is 0 Å². The van der Waals surface area contributed by atoms with Crippen LogP contribution in [0.4, 0.5) is 0 Å². The van der Waals surface area contributed by atoms with Crippen molar-refractivity contribution in [3.05, 3.63) is 35.3 Å². The van der Waals surface area contributed by atoms with Gasteiger partial charge in [-0.2, -0.15) is 0 Å². The first-order chi connectivity index (χ1) is 7.45. The summed E-state index contributed by atoms with van der Waals surface area (Å²) in [7, 11) is 0. The van der Waals surface area contributed by atoms with E-state index in [4.69, 9.17) is 4.74 Å². The maximum absolute atomic E-state index is 5.28. The normalized spacial score (nSPS) is 19.5. The van der Waals surface area contributed by atoms with Crippen LogP contribution < -0.4 is 0 Å². The van der Waals surface area contributed by atoms with Gasteiger partial charge in [-0.25, -0.2) is 0 Å². The minimum Gasteiger partial charge on any atom is -0.379 e. The quantitative estimate of drug-likeness (QED) is 0.640. The lowest BCUT2D eigenvalue weighted by Gasteiger charge is -2.26. The van der Waals surface area contributed by atoms with Crippen molar-refractivity contribution in [1.29, 1.82) is 0 Å². The summed E-state index contributed by atoms with van der Waals surface area (Å²) in [6, 6.07) is 0. The molecular weight excluding hydrogens is 186 g/mol. The van der Waals surface area contributed by atoms with Gasteiger partial charge in [0.05, 0.1) is 13.2 Å². The Hall–Kier alpha value is -1.04. The predicted molar refractivity (Wildman–Crippen MR) is 62.9 cm³/mol. The van der Waals surface area contributed by atoms with Crippen LogP contribution in [0.15, 0.2) is 35.3 Å². The summed E-state index contributed by atoms with van der Waals surface area (Å²) in [5.74, 6) is 0. The molecule has 1 aliphatic heterocycles. The number of rotatable bonds is 2. The second kappa shape index (κ2) is 7.28. The second-order valence-corrected chi connectivity index (χ2v) is 3.21. The van der Waals surface area contributed by atoms with Crippen molar-refractivity contribution in [2.24, 2.45) is 0 Å². The molecule has 2 aliphatic rings. The second-order valence-electron chi connectivity index (χ2n) is 3.21. The molecule has 1 aliphatic carbocycles. The maximum atomic E-state index is 5.28. The van der Waals surface area contributed by atoms with Crippen LogP contribution in [0.1, 0.15) is 13.8 Å². The fourth-order valence-electron chi connectivity index (χ4n) is 1.48. The van der Waals surface area contributed by atoms with Gasteiger partial charge in [0.2, 0.25) is 0 Å². The van der Waals surface area contributed by atoms with Gasteiger partial charge in [-0.3, -0.25) is 4.90 Å². The summed E-state index contributed by atoms with van der Waals surface area (Å²) >= 11 is 0. The number of morpholine rings is 1. The lowest BCUT2D eigenvalue weighted by atomic mass is 10.2.